The summed E-state index contributed by atoms with van der Waals surface area (Å²) >= 11 is 0. The summed E-state index contributed by atoms with van der Waals surface area (Å²) in [7, 11) is 1.98. The van der Waals surface area contributed by atoms with Crippen molar-refractivity contribution in [1.29, 1.82) is 0 Å². The monoisotopic (exact) mass is 1020 g/mol. The highest BCUT2D eigenvalue weighted by Crippen LogP contribution is 2.27. The Morgan fingerprint density at radius 1 is 0.676 bits per heavy atom. The summed E-state index contributed by atoms with van der Waals surface area (Å²) in [6.07, 6.45) is 4.27. The third kappa shape index (κ3) is 14.5. The van der Waals surface area contributed by atoms with Crippen LogP contribution < -0.4 is 54.4 Å². The third-order valence-corrected chi connectivity index (χ3v) is 14.0. The van der Waals surface area contributed by atoms with Crippen LogP contribution in [-0.2, 0) is 57.6 Å². The fourth-order valence-corrected chi connectivity index (χ4v) is 10.1. The van der Waals surface area contributed by atoms with E-state index in [1.165, 1.54) is 26.4 Å². The van der Waals surface area contributed by atoms with Gasteiger partial charge < -0.3 is 64.4 Å². The molecule has 0 saturated carbocycles. The summed E-state index contributed by atoms with van der Waals surface area (Å²) in [5.74, 6) is -7.24. The summed E-state index contributed by atoms with van der Waals surface area (Å²) in [5.41, 5.74) is 19.4. The molecule has 0 spiro atoms. The van der Waals surface area contributed by atoms with E-state index >= 15 is 0 Å². The van der Waals surface area contributed by atoms with E-state index in [1.54, 1.807) is 42.6 Å². The van der Waals surface area contributed by atoms with Crippen molar-refractivity contribution < 1.29 is 43.2 Å². The van der Waals surface area contributed by atoms with Crippen molar-refractivity contribution in [1.82, 2.24) is 57.1 Å². The van der Waals surface area contributed by atoms with Crippen LogP contribution in [0.15, 0.2) is 78.3 Å². The lowest BCUT2D eigenvalue weighted by Gasteiger charge is -2.27. The second kappa shape index (κ2) is 24.8. The van der Waals surface area contributed by atoms with E-state index in [9.17, 15) is 43.2 Å². The van der Waals surface area contributed by atoms with Crippen LogP contribution in [0.3, 0.4) is 0 Å². The number of aliphatic imine (C=N–C) groups is 1. The minimum Gasteiger partial charge on any atom is -0.370 e. The third-order valence-electron chi connectivity index (χ3n) is 11.6. The van der Waals surface area contributed by atoms with Gasteiger partial charge in [-0.3, -0.25) is 43.3 Å². The lowest BCUT2D eigenvalue weighted by molar-refractivity contribution is -0.137. The Bertz CT molecular complexity index is 2610. The smallest absolute Gasteiger partial charge is 0.325 e. The van der Waals surface area contributed by atoms with Crippen molar-refractivity contribution in [3.05, 3.63) is 90.1 Å². The Balaban J connectivity index is 1.39. The molecule has 2 aromatic heterocycles. The molecule has 2 aliphatic rings. The van der Waals surface area contributed by atoms with Crippen molar-refractivity contribution in [2.75, 3.05) is 18.1 Å². The number of hydrogen-bond acceptors (Lipinski definition) is 13. The maximum Gasteiger partial charge on any atom is 0.325 e. The van der Waals surface area contributed by atoms with Gasteiger partial charge in [-0.15, -0.1) is 0 Å². The SMILES string of the molecule is C[C@H]1NC(=O)[C@@H](N2C(=O)N[C@H](C)C2=O)CSSC[C@@H](C(N)=O)NC(=O)[C@H](Cc2c[nH]c3ccccc23)NC(=O)[C@H](CCCN=C(N)N)NC(=O)[C@@H](Cc2ccccc2)NC(=O)[C@H](Cc2cnc[nH]2)NC1=O. The zero-order valence-corrected chi connectivity index (χ0v) is 40.4. The molecule has 10 amide bonds. The first-order valence-electron chi connectivity index (χ1n) is 22.6. The van der Waals surface area contributed by atoms with E-state index in [0.29, 0.717) is 16.8 Å². The molecule has 2 saturated heterocycles. The van der Waals surface area contributed by atoms with E-state index in [4.69, 9.17) is 17.2 Å². The Labute approximate surface area is 415 Å². The number of rotatable bonds is 12. The molecule has 378 valence electrons. The Morgan fingerprint density at radius 2 is 1.30 bits per heavy atom. The molecule has 0 unspecified atom stereocenters. The summed E-state index contributed by atoms with van der Waals surface area (Å²) in [6, 6.07) is 4.51. The van der Waals surface area contributed by atoms with Crippen LogP contribution in [0.4, 0.5) is 4.79 Å². The average molecular weight is 1020 g/mol. The summed E-state index contributed by atoms with van der Waals surface area (Å²) < 4.78 is 0. The normalized spacial score (nSPS) is 24.7. The standard InChI is InChI=1S/C45H57N15O9S2/c1-23-37(62)56-33(17-27-19-49-22-52-27)41(66)57-31(15-25-9-4-3-5-10-25)39(64)55-30(13-8-14-50-44(47)48)38(63)58-32(16-26-18-51-29-12-7-6-11-28(26)29)40(65)59-34(36(46)61)20-70-71-21-35(42(67)53-23)60-43(68)24(2)54-45(60)69/h3-7,9-12,18-19,22-24,30-35,51H,8,13-17,20-21H2,1-2H3,(H2,46,61)(H,49,52)(H,53,67)(H,54,69)(H,55,64)(H,56,62)(H,57,66)(H,58,63)(H,59,65)(H4,47,48,50)/t23-,24-,30+,31-,32+,33+,34+,35+/m1/s1. The van der Waals surface area contributed by atoms with Gasteiger partial charge >= 0.3 is 6.03 Å². The lowest BCUT2D eigenvalue weighted by Crippen LogP contribution is -2.60. The van der Waals surface area contributed by atoms with Crippen molar-refractivity contribution >= 4 is 91.7 Å². The molecule has 2 aromatic carbocycles. The predicted octanol–water partition coefficient (Wildman–Crippen LogP) is -1.91. The molecule has 71 heavy (non-hydrogen) atoms. The molecule has 0 radical (unpaired) electrons. The van der Waals surface area contributed by atoms with Gasteiger partial charge in [0, 0.05) is 66.3 Å². The van der Waals surface area contributed by atoms with Gasteiger partial charge in [0.25, 0.3) is 5.91 Å². The molecule has 4 heterocycles. The highest BCUT2D eigenvalue weighted by atomic mass is 33.1. The molecule has 0 bridgehead atoms. The second-order valence-electron chi connectivity index (χ2n) is 16.9. The van der Waals surface area contributed by atoms with Gasteiger partial charge in [-0.05, 0) is 43.9 Å². The molecule has 26 heteroatoms. The van der Waals surface area contributed by atoms with Crippen LogP contribution in [0.1, 0.15) is 43.5 Å². The van der Waals surface area contributed by atoms with Crippen molar-refractivity contribution in [3.63, 3.8) is 0 Å². The number of para-hydroxylation sites is 1. The van der Waals surface area contributed by atoms with Crippen LogP contribution in [0.5, 0.6) is 0 Å². The summed E-state index contributed by atoms with van der Waals surface area (Å²) in [4.78, 5) is 140. The zero-order valence-electron chi connectivity index (χ0n) is 38.8. The number of benzene rings is 2. The number of amides is 10. The van der Waals surface area contributed by atoms with Gasteiger partial charge in [0.2, 0.25) is 41.4 Å². The van der Waals surface area contributed by atoms with E-state index in [2.05, 4.69) is 57.2 Å². The maximum absolute atomic E-state index is 14.6. The first-order chi connectivity index (χ1) is 34.0. The number of aromatic nitrogens is 3. The van der Waals surface area contributed by atoms with Crippen LogP contribution in [0.25, 0.3) is 10.9 Å². The fourth-order valence-electron chi connectivity index (χ4n) is 7.76. The quantitative estimate of drug-likeness (QED) is 0.0242. The number of nitrogens with two attached hydrogens (primary N) is 3. The zero-order chi connectivity index (χ0) is 51.2. The van der Waals surface area contributed by atoms with Crippen molar-refractivity contribution in [2.24, 2.45) is 22.2 Å². The van der Waals surface area contributed by atoms with Gasteiger partial charge in [-0.2, -0.15) is 0 Å². The van der Waals surface area contributed by atoms with Crippen molar-refractivity contribution in [2.45, 2.75) is 94.3 Å². The second-order valence-corrected chi connectivity index (χ2v) is 19.4. The number of H-pyrrole nitrogens is 2. The number of carbonyl (C=O) groups is 9. The summed E-state index contributed by atoms with van der Waals surface area (Å²) in [5, 5.41) is 19.3. The fraction of sp³-hybridized carbons (Fsp3) is 0.400. The Morgan fingerprint density at radius 3 is 1.96 bits per heavy atom. The number of guanidine groups is 1. The van der Waals surface area contributed by atoms with E-state index < -0.39 is 102 Å². The number of aromatic amines is 2. The number of hydrogen-bond donors (Lipinski definition) is 12. The number of imide groups is 1. The number of urea groups is 1. The average Bonchev–Trinajstić information content (AvgIpc) is 4.07. The number of primary amides is 1. The Hall–Kier alpha value is -7.61. The number of nitrogens with zero attached hydrogens (tertiary/aromatic N) is 3. The predicted molar refractivity (Wildman–Crippen MR) is 264 cm³/mol. The number of imidazole rings is 1. The minimum absolute atomic E-state index is 0.0493. The minimum atomic E-state index is -1.48. The van der Waals surface area contributed by atoms with Gasteiger partial charge in [-0.1, -0.05) is 70.1 Å². The van der Waals surface area contributed by atoms with Crippen LogP contribution >= 0.6 is 21.6 Å². The van der Waals surface area contributed by atoms with E-state index in [0.717, 1.165) is 37.4 Å². The highest BCUT2D eigenvalue weighted by molar-refractivity contribution is 8.76. The van der Waals surface area contributed by atoms with Crippen LogP contribution in [0, 0.1) is 0 Å². The first kappa shape index (κ1) is 52.8. The molecule has 4 aromatic rings. The lowest BCUT2D eigenvalue weighted by atomic mass is 10.0. The van der Waals surface area contributed by atoms with Gasteiger partial charge in [-0.25, -0.2) is 14.7 Å². The highest BCUT2D eigenvalue weighted by Gasteiger charge is 2.44. The van der Waals surface area contributed by atoms with Gasteiger partial charge in [0.1, 0.15) is 48.3 Å². The molecule has 2 fully saturated rings. The topological polar surface area (TPSA) is 376 Å². The number of fused-ring (bicyclic) bond motifs is 1. The van der Waals surface area contributed by atoms with Crippen LogP contribution in [0.2, 0.25) is 0 Å². The molecule has 0 aliphatic carbocycles. The Kier molecular flexibility index (Phi) is 18.4. The molecular weight excluding hydrogens is 959 g/mol. The number of nitrogens with one attached hydrogen (secondary N) is 9. The molecule has 6 rings (SSSR count). The maximum atomic E-state index is 14.6. The van der Waals surface area contributed by atoms with Crippen LogP contribution in [-0.4, -0.2) is 145 Å². The first-order valence-corrected chi connectivity index (χ1v) is 25.1. The molecule has 15 N–H and O–H groups in total. The largest absolute Gasteiger partial charge is 0.370 e. The van der Waals surface area contributed by atoms with E-state index in [-0.39, 0.29) is 56.1 Å². The van der Waals surface area contributed by atoms with Gasteiger partial charge in [0.15, 0.2) is 5.96 Å². The molecule has 2 aliphatic heterocycles. The van der Waals surface area contributed by atoms with Gasteiger partial charge in [0.05, 0.1) is 6.33 Å². The van der Waals surface area contributed by atoms with E-state index in [1.807, 2.05) is 18.2 Å². The molecule has 8 atom stereocenters. The number of carbonyl (C=O) groups excluding carboxylic acids is 9. The summed E-state index contributed by atoms with van der Waals surface area (Å²) in [6.45, 7) is 2.84. The van der Waals surface area contributed by atoms with Crippen molar-refractivity contribution in [3.8, 4) is 0 Å². The molecular formula is C45H57N15O9S2. The molecule has 24 nitrogen and oxygen atoms in total.